The van der Waals surface area contributed by atoms with Crippen LogP contribution in [0.5, 0.6) is 0 Å². The standard InChI is InChI=1S/C13H14N4O/c1-17(2)11-6-3-5-10(9-11)12(18)16-13-14-7-4-8-15-13/h3-9H,1-2H3,(H,14,15,16,18). The van der Waals surface area contributed by atoms with Crippen molar-refractivity contribution in [3.05, 3.63) is 48.3 Å². The normalized spacial score (nSPS) is 9.89. The van der Waals surface area contributed by atoms with Gasteiger partial charge in [-0.15, -0.1) is 0 Å². The number of carbonyl (C=O) groups excluding carboxylic acids is 1. The highest BCUT2D eigenvalue weighted by Gasteiger charge is 2.08. The van der Waals surface area contributed by atoms with Crippen LogP contribution < -0.4 is 10.2 Å². The minimum Gasteiger partial charge on any atom is -0.378 e. The van der Waals surface area contributed by atoms with Crippen LogP contribution in [0.1, 0.15) is 10.4 Å². The summed E-state index contributed by atoms with van der Waals surface area (Å²) in [4.78, 5) is 21.8. The highest BCUT2D eigenvalue weighted by atomic mass is 16.1. The molecule has 18 heavy (non-hydrogen) atoms. The maximum Gasteiger partial charge on any atom is 0.258 e. The van der Waals surface area contributed by atoms with E-state index in [1.165, 1.54) is 0 Å². The SMILES string of the molecule is CN(C)c1cccc(C(=O)Nc2ncccn2)c1. The van der Waals surface area contributed by atoms with Crippen LogP contribution in [-0.4, -0.2) is 30.0 Å². The molecule has 0 spiro atoms. The molecule has 1 aromatic heterocycles. The van der Waals surface area contributed by atoms with Crippen molar-refractivity contribution in [1.82, 2.24) is 9.97 Å². The molecule has 0 atom stereocenters. The molecule has 0 radical (unpaired) electrons. The van der Waals surface area contributed by atoms with Gasteiger partial charge in [0.05, 0.1) is 0 Å². The lowest BCUT2D eigenvalue weighted by Gasteiger charge is -2.13. The van der Waals surface area contributed by atoms with E-state index in [0.29, 0.717) is 11.5 Å². The van der Waals surface area contributed by atoms with E-state index in [-0.39, 0.29) is 5.91 Å². The van der Waals surface area contributed by atoms with Crippen LogP contribution in [0.25, 0.3) is 0 Å². The van der Waals surface area contributed by atoms with Crippen molar-refractivity contribution < 1.29 is 4.79 Å². The number of benzene rings is 1. The van der Waals surface area contributed by atoms with E-state index in [4.69, 9.17) is 0 Å². The summed E-state index contributed by atoms with van der Waals surface area (Å²) in [5.41, 5.74) is 1.55. The summed E-state index contributed by atoms with van der Waals surface area (Å²) in [7, 11) is 3.86. The second-order valence-corrected chi connectivity index (χ2v) is 3.97. The molecule has 0 saturated carbocycles. The topological polar surface area (TPSA) is 58.1 Å². The fourth-order valence-electron chi connectivity index (χ4n) is 1.46. The first-order chi connectivity index (χ1) is 8.66. The van der Waals surface area contributed by atoms with Crippen molar-refractivity contribution >= 4 is 17.5 Å². The van der Waals surface area contributed by atoms with Crippen LogP contribution in [0.15, 0.2) is 42.7 Å². The molecular formula is C13H14N4O. The zero-order chi connectivity index (χ0) is 13.0. The van der Waals surface area contributed by atoms with E-state index < -0.39 is 0 Å². The Morgan fingerprint density at radius 2 is 1.89 bits per heavy atom. The summed E-state index contributed by atoms with van der Waals surface area (Å²) in [6.07, 6.45) is 3.16. The largest absolute Gasteiger partial charge is 0.378 e. The lowest BCUT2D eigenvalue weighted by molar-refractivity contribution is 0.102. The van der Waals surface area contributed by atoms with Gasteiger partial charge in [-0.25, -0.2) is 9.97 Å². The fourth-order valence-corrected chi connectivity index (χ4v) is 1.46. The molecule has 92 valence electrons. The summed E-state index contributed by atoms with van der Waals surface area (Å²) in [6, 6.07) is 9.05. The molecule has 1 N–H and O–H groups in total. The number of anilines is 2. The van der Waals surface area contributed by atoms with E-state index in [0.717, 1.165) is 5.69 Å². The molecule has 2 aromatic rings. The number of amides is 1. The Bertz CT molecular complexity index is 540. The predicted octanol–water partition coefficient (Wildman–Crippen LogP) is 1.79. The monoisotopic (exact) mass is 242 g/mol. The molecule has 0 fully saturated rings. The lowest BCUT2D eigenvalue weighted by atomic mass is 10.2. The number of hydrogen-bond donors (Lipinski definition) is 1. The van der Waals surface area contributed by atoms with Crippen molar-refractivity contribution in [1.29, 1.82) is 0 Å². The van der Waals surface area contributed by atoms with E-state index in [1.807, 2.05) is 37.2 Å². The Morgan fingerprint density at radius 1 is 1.17 bits per heavy atom. The lowest BCUT2D eigenvalue weighted by Crippen LogP contribution is -2.15. The number of hydrogen-bond acceptors (Lipinski definition) is 4. The highest BCUT2D eigenvalue weighted by Crippen LogP contribution is 2.14. The van der Waals surface area contributed by atoms with Crippen LogP contribution in [0.4, 0.5) is 11.6 Å². The maximum absolute atomic E-state index is 12.0. The van der Waals surface area contributed by atoms with E-state index >= 15 is 0 Å². The summed E-state index contributed by atoms with van der Waals surface area (Å²) >= 11 is 0. The van der Waals surface area contributed by atoms with Crippen molar-refractivity contribution in [2.45, 2.75) is 0 Å². The molecule has 0 unspecified atom stereocenters. The van der Waals surface area contributed by atoms with Gasteiger partial charge >= 0.3 is 0 Å². The Labute approximate surface area is 105 Å². The molecule has 0 aliphatic carbocycles. The zero-order valence-electron chi connectivity index (χ0n) is 10.3. The Kier molecular flexibility index (Phi) is 3.52. The third kappa shape index (κ3) is 2.82. The van der Waals surface area contributed by atoms with Crippen LogP contribution in [0.2, 0.25) is 0 Å². The van der Waals surface area contributed by atoms with Crippen molar-refractivity contribution in [3.63, 3.8) is 0 Å². The molecule has 5 heteroatoms. The third-order valence-electron chi connectivity index (χ3n) is 2.42. The van der Waals surface area contributed by atoms with Crippen molar-refractivity contribution in [2.24, 2.45) is 0 Å². The highest BCUT2D eigenvalue weighted by molar-refractivity contribution is 6.03. The Morgan fingerprint density at radius 3 is 2.56 bits per heavy atom. The summed E-state index contributed by atoms with van der Waals surface area (Å²) < 4.78 is 0. The van der Waals surface area contributed by atoms with Crippen molar-refractivity contribution in [3.8, 4) is 0 Å². The molecule has 1 amide bonds. The predicted molar refractivity (Wildman–Crippen MR) is 70.8 cm³/mol. The van der Waals surface area contributed by atoms with Gasteiger partial charge in [-0.2, -0.15) is 0 Å². The van der Waals surface area contributed by atoms with Gasteiger partial charge in [0.15, 0.2) is 0 Å². The molecule has 2 rings (SSSR count). The average molecular weight is 242 g/mol. The first-order valence-electron chi connectivity index (χ1n) is 5.52. The Hall–Kier alpha value is -2.43. The molecule has 0 saturated heterocycles. The second kappa shape index (κ2) is 5.27. The van der Waals surface area contributed by atoms with Crippen LogP contribution in [-0.2, 0) is 0 Å². The van der Waals surface area contributed by atoms with Gasteiger partial charge in [0.25, 0.3) is 5.91 Å². The number of nitrogens with one attached hydrogen (secondary N) is 1. The first kappa shape index (κ1) is 12.0. The second-order valence-electron chi connectivity index (χ2n) is 3.97. The third-order valence-corrected chi connectivity index (χ3v) is 2.42. The summed E-state index contributed by atoms with van der Waals surface area (Å²) in [5.74, 6) is 0.0858. The van der Waals surface area contributed by atoms with E-state index in [1.54, 1.807) is 24.5 Å². The molecule has 0 aliphatic rings. The number of aromatic nitrogens is 2. The molecule has 0 bridgehead atoms. The minimum absolute atomic E-state index is 0.218. The van der Waals surface area contributed by atoms with Crippen LogP contribution in [0.3, 0.4) is 0 Å². The molecule has 0 aliphatic heterocycles. The average Bonchev–Trinajstić information content (AvgIpc) is 2.40. The van der Waals surface area contributed by atoms with E-state index in [2.05, 4.69) is 15.3 Å². The number of carbonyl (C=O) groups is 1. The summed E-state index contributed by atoms with van der Waals surface area (Å²) in [6.45, 7) is 0. The van der Waals surface area contributed by atoms with Crippen molar-refractivity contribution in [2.75, 3.05) is 24.3 Å². The van der Waals surface area contributed by atoms with Gasteiger partial charge < -0.3 is 4.90 Å². The van der Waals surface area contributed by atoms with Gasteiger partial charge in [0.2, 0.25) is 5.95 Å². The minimum atomic E-state index is -0.218. The molecular weight excluding hydrogens is 228 g/mol. The van der Waals surface area contributed by atoms with Gasteiger partial charge in [-0.05, 0) is 24.3 Å². The number of rotatable bonds is 3. The molecule has 5 nitrogen and oxygen atoms in total. The van der Waals surface area contributed by atoms with Gasteiger partial charge in [0.1, 0.15) is 0 Å². The van der Waals surface area contributed by atoms with Crippen LogP contribution >= 0.6 is 0 Å². The fraction of sp³-hybridized carbons (Fsp3) is 0.154. The maximum atomic E-state index is 12.0. The van der Waals surface area contributed by atoms with Crippen LogP contribution in [0, 0.1) is 0 Å². The van der Waals surface area contributed by atoms with Gasteiger partial charge in [-0.1, -0.05) is 6.07 Å². The zero-order valence-corrected chi connectivity index (χ0v) is 10.3. The first-order valence-corrected chi connectivity index (χ1v) is 5.52. The molecule has 1 heterocycles. The molecule has 1 aromatic carbocycles. The number of nitrogens with zero attached hydrogens (tertiary/aromatic N) is 3. The van der Waals surface area contributed by atoms with E-state index in [9.17, 15) is 4.79 Å². The van der Waals surface area contributed by atoms with Gasteiger partial charge in [-0.3, -0.25) is 10.1 Å². The summed E-state index contributed by atoms with van der Waals surface area (Å²) in [5, 5.41) is 2.64. The Balaban J connectivity index is 2.16. The van der Waals surface area contributed by atoms with Gasteiger partial charge in [0, 0.05) is 37.7 Å². The quantitative estimate of drug-likeness (QED) is 0.891. The smallest absolute Gasteiger partial charge is 0.258 e.